The molecule has 3 rings (SSSR count). The number of nitrogens with zero attached hydrogens (tertiary/aromatic N) is 4. The SMILES string of the molecule is O=C(NCCN1CCOCC1)c1nnn(Cc2ccccc2)c1Cl. The van der Waals surface area contributed by atoms with Gasteiger partial charge in [-0.15, -0.1) is 5.10 Å². The maximum absolute atomic E-state index is 12.2. The number of nitrogens with one attached hydrogen (secondary N) is 1. The number of carbonyl (C=O) groups excluding carboxylic acids is 1. The fourth-order valence-corrected chi connectivity index (χ4v) is 2.75. The van der Waals surface area contributed by atoms with Crippen LogP contribution in [0.3, 0.4) is 0 Å². The number of aromatic nitrogens is 3. The molecule has 0 spiro atoms. The number of rotatable bonds is 6. The summed E-state index contributed by atoms with van der Waals surface area (Å²) in [6.45, 7) is 5.08. The van der Waals surface area contributed by atoms with Crippen molar-refractivity contribution >= 4 is 17.5 Å². The second kappa shape index (κ2) is 8.23. The summed E-state index contributed by atoms with van der Waals surface area (Å²) in [5, 5.41) is 11.0. The average Bonchev–Trinajstić information content (AvgIpc) is 2.97. The van der Waals surface area contributed by atoms with Gasteiger partial charge in [-0.2, -0.15) is 0 Å². The quantitative estimate of drug-likeness (QED) is 0.843. The van der Waals surface area contributed by atoms with Crippen LogP contribution < -0.4 is 5.32 Å². The molecule has 0 radical (unpaired) electrons. The molecular formula is C16H20ClN5O2. The van der Waals surface area contributed by atoms with E-state index < -0.39 is 0 Å². The molecule has 7 nitrogen and oxygen atoms in total. The smallest absolute Gasteiger partial charge is 0.275 e. The molecule has 1 N–H and O–H groups in total. The van der Waals surface area contributed by atoms with Gasteiger partial charge in [0.05, 0.1) is 19.8 Å². The first-order chi connectivity index (χ1) is 11.7. The molecule has 1 aromatic heterocycles. The number of benzene rings is 1. The molecule has 24 heavy (non-hydrogen) atoms. The Morgan fingerprint density at radius 3 is 2.75 bits per heavy atom. The van der Waals surface area contributed by atoms with Crippen molar-refractivity contribution in [1.29, 1.82) is 0 Å². The predicted octanol–water partition coefficient (Wildman–Crippen LogP) is 1.04. The first-order valence-electron chi connectivity index (χ1n) is 7.95. The average molecular weight is 350 g/mol. The lowest BCUT2D eigenvalue weighted by Crippen LogP contribution is -2.41. The van der Waals surface area contributed by atoms with Crippen molar-refractivity contribution in [2.45, 2.75) is 6.54 Å². The Kier molecular flexibility index (Phi) is 5.79. The highest BCUT2D eigenvalue weighted by atomic mass is 35.5. The van der Waals surface area contributed by atoms with E-state index in [9.17, 15) is 4.79 Å². The third-order valence-corrected chi connectivity index (χ3v) is 4.26. The lowest BCUT2D eigenvalue weighted by atomic mass is 10.2. The minimum atomic E-state index is -0.299. The van der Waals surface area contributed by atoms with Crippen LogP contribution >= 0.6 is 11.6 Å². The van der Waals surface area contributed by atoms with Crippen LogP contribution in [0.1, 0.15) is 16.1 Å². The Bertz CT molecular complexity index is 670. The van der Waals surface area contributed by atoms with Crippen LogP contribution in [0.25, 0.3) is 0 Å². The normalized spacial score (nSPS) is 15.4. The van der Waals surface area contributed by atoms with Gasteiger partial charge in [-0.3, -0.25) is 9.69 Å². The summed E-state index contributed by atoms with van der Waals surface area (Å²) < 4.78 is 6.82. The fourth-order valence-electron chi connectivity index (χ4n) is 2.53. The van der Waals surface area contributed by atoms with Gasteiger partial charge in [0.2, 0.25) is 0 Å². The van der Waals surface area contributed by atoms with Gasteiger partial charge in [0.15, 0.2) is 10.8 Å². The molecule has 0 bridgehead atoms. The van der Waals surface area contributed by atoms with Gasteiger partial charge < -0.3 is 10.1 Å². The van der Waals surface area contributed by atoms with Crippen LogP contribution in [0.15, 0.2) is 30.3 Å². The lowest BCUT2D eigenvalue weighted by molar-refractivity contribution is 0.0383. The maximum Gasteiger partial charge on any atom is 0.275 e. The molecule has 1 aromatic carbocycles. The molecular weight excluding hydrogens is 330 g/mol. The summed E-state index contributed by atoms with van der Waals surface area (Å²) >= 11 is 6.25. The number of ether oxygens (including phenoxy) is 1. The van der Waals surface area contributed by atoms with Gasteiger partial charge in [0, 0.05) is 26.2 Å². The molecule has 1 amide bonds. The Balaban J connectivity index is 1.53. The van der Waals surface area contributed by atoms with Gasteiger partial charge in [0.1, 0.15) is 0 Å². The molecule has 0 atom stereocenters. The van der Waals surface area contributed by atoms with E-state index in [0.717, 1.165) is 38.4 Å². The van der Waals surface area contributed by atoms with Crippen molar-refractivity contribution in [3.63, 3.8) is 0 Å². The second-order valence-electron chi connectivity index (χ2n) is 5.58. The van der Waals surface area contributed by atoms with Crippen LogP contribution in [-0.4, -0.2) is 65.2 Å². The van der Waals surface area contributed by atoms with E-state index in [-0.39, 0.29) is 16.8 Å². The van der Waals surface area contributed by atoms with Crippen LogP contribution in [0.5, 0.6) is 0 Å². The molecule has 2 aromatic rings. The highest BCUT2D eigenvalue weighted by Gasteiger charge is 2.18. The topological polar surface area (TPSA) is 72.3 Å². The van der Waals surface area contributed by atoms with E-state index in [4.69, 9.17) is 16.3 Å². The molecule has 0 aliphatic carbocycles. The van der Waals surface area contributed by atoms with Crippen LogP contribution in [-0.2, 0) is 11.3 Å². The standard InChI is InChI=1S/C16H20ClN5O2/c17-15-14(16(23)18-6-7-21-8-10-24-11-9-21)19-20-22(15)12-13-4-2-1-3-5-13/h1-5H,6-12H2,(H,18,23). The van der Waals surface area contributed by atoms with Gasteiger partial charge in [-0.1, -0.05) is 47.1 Å². The summed E-state index contributed by atoms with van der Waals surface area (Å²) in [4.78, 5) is 14.5. The van der Waals surface area contributed by atoms with Gasteiger partial charge in [-0.25, -0.2) is 4.68 Å². The summed E-state index contributed by atoms with van der Waals surface area (Å²) in [5.41, 5.74) is 1.21. The molecule has 1 aliphatic heterocycles. The number of hydrogen-bond donors (Lipinski definition) is 1. The number of halogens is 1. The molecule has 8 heteroatoms. The van der Waals surface area contributed by atoms with E-state index in [0.29, 0.717) is 13.1 Å². The molecule has 2 heterocycles. The highest BCUT2D eigenvalue weighted by molar-refractivity contribution is 6.32. The molecule has 0 saturated carbocycles. The first-order valence-corrected chi connectivity index (χ1v) is 8.33. The van der Waals surface area contributed by atoms with Crippen molar-refractivity contribution in [3.8, 4) is 0 Å². The third-order valence-electron chi connectivity index (χ3n) is 3.88. The van der Waals surface area contributed by atoms with E-state index >= 15 is 0 Å². The maximum atomic E-state index is 12.2. The van der Waals surface area contributed by atoms with E-state index in [2.05, 4.69) is 20.5 Å². The van der Waals surface area contributed by atoms with Crippen molar-refractivity contribution in [2.24, 2.45) is 0 Å². The zero-order valence-corrected chi connectivity index (χ0v) is 14.1. The molecule has 128 valence electrons. The third kappa shape index (κ3) is 4.31. The summed E-state index contributed by atoms with van der Waals surface area (Å²) in [7, 11) is 0. The number of hydrogen-bond acceptors (Lipinski definition) is 5. The van der Waals surface area contributed by atoms with Crippen LogP contribution in [0.4, 0.5) is 0 Å². The molecule has 1 saturated heterocycles. The van der Waals surface area contributed by atoms with E-state index in [1.54, 1.807) is 0 Å². The fraction of sp³-hybridized carbons (Fsp3) is 0.438. The van der Waals surface area contributed by atoms with Crippen molar-refractivity contribution in [3.05, 3.63) is 46.7 Å². The molecule has 0 unspecified atom stereocenters. The van der Waals surface area contributed by atoms with Crippen molar-refractivity contribution in [2.75, 3.05) is 39.4 Å². The summed E-state index contributed by atoms with van der Waals surface area (Å²) in [6, 6.07) is 9.78. The zero-order chi connectivity index (χ0) is 16.8. The van der Waals surface area contributed by atoms with Gasteiger partial charge >= 0.3 is 0 Å². The monoisotopic (exact) mass is 349 g/mol. The Morgan fingerprint density at radius 2 is 2.00 bits per heavy atom. The van der Waals surface area contributed by atoms with Crippen LogP contribution in [0, 0.1) is 0 Å². The Morgan fingerprint density at radius 1 is 1.25 bits per heavy atom. The second-order valence-corrected chi connectivity index (χ2v) is 5.94. The highest BCUT2D eigenvalue weighted by Crippen LogP contribution is 2.14. The Hall–Kier alpha value is -1.96. The number of carbonyl (C=O) groups is 1. The molecule has 1 aliphatic rings. The number of amides is 1. The number of morpholine rings is 1. The van der Waals surface area contributed by atoms with Crippen LogP contribution in [0.2, 0.25) is 5.15 Å². The van der Waals surface area contributed by atoms with Crippen molar-refractivity contribution < 1.29 is 9.53 Å². The minimum Gasteiger partial charge on any atom is -0.379 e. The van der Waals surface area contributed by atoms with Gasteiger partial charge in [0.25, 0.3) is 5.91 Å². The van der Waals surface area contributed by atoms with E-state index in [1.807, 2.05) is 30.3 Å². The largest absolute Gasteiger partial charge is 0.379 e. The Labute approximate surface area is 145 Å². The summed E-state index contributed by atoms with van der Waals surface area (Å²) in [6.07, 6.45) is 0. The van der Waals surface area contributed by atoms with Crippen molar-refractivity contribution in [1.82, 2.24) is 25.2 Å². The summed E-state index contributed by atoms with van der Waals surface area (Å²) in [5.74, 6) is -0.299. The predicted molar refractivity (Wildman–Crippen MR) is 90.2 cm³/mol. The lowest BCUT2D eigenvalue weighted by Gasteiger charge is -2.26. The first kappa shape index (κ1) is 16.9. The minimum absolute atomic E-state index is 0.162. The zero-order valence-electron chi connectivity index (χ0n) is 13.3. The van der Waals surface area contributed by atoms with Gasteiger partial charge in [-0.05, 0) is 5.56 Å². The van der Waals surface area contributed by atoms with E-state index in [1.165, 1.54) is 4.68 Å². The molecule has 1 fully saturated rings.